The van der Waals surface area contributed by atoms with Crippen LogP contribution in [-0.2, 0) is 31.7 Å². The van der Waals surface area contributed by atoms with E-state index in [1.807, 2.05) is 50.3 Å². The number of carbonyl (C=O) groups excluding carboxylic acids is 2. The topological polar surface area (TPSA) is 183 Å². The molecule has 2 aromatic rings. The molecule has 0 heterocycles. The zero-order valence-corrected chi connectivity index (χ0v) is 39.1. The Balaban J connectivity index is 0.000000353. The summed E-state index contributed by atoms with van der Waals surface area (Å²) in [5.41, 5.74) is 0.382. The predicted molar refractivity (Wildman–Crippen MR) is 247 cm³/mol. The summed E-state index contributed by atoms with van der Waals surface area (Å²) in [5.74, 6) is -1.03. The Kier molecular flexibility index (Phi) is 25.3. The molecule has 2 aliphatic rings. The molecule has 0 amide bonds. The summed E-state index contributed by atoms with van der Waals surface area (Å²) in [6.07, 6.45) is 10.7. The van der Waals surface area contributed by atoms with Crippen molar-refractivity contribution in [1.82, 2.24) is 0 Å². The minimum atomic E-state index is -4.49. The van der Waals surface area contributed by atoms with Crippen LogP contribution in [-0.4, -0.2) is 98.0 Å². The van der Waals surface area contributed by atoms with E-state index in [2.05, 4.69) is 18.2 Å². The lowest BCUT2D eigenvalue weighted by Gasteiger charge is -2.23. The monoisotopic (exact) mass is 933 g/mol. The molecule has 10 atom stereocenters. The molecule has 2 aromatic carbocycles. The Morgan fingerprint density at radius 1 is 0.712 bits per heavy atom. The number of alkyl halides is 3. The van der Waals surface area contributed by atoms with Gasteiger partial charge in [0.15, 0.2) is 0 Å². The largest absolute Gasteiger partial charge is 0.491 e. The molecule has 0 radical (unpaired) electrons. The smallest absolute Gasteiger partial charge is 0.416 e. The number of rotatable bonds is 25. The molecule has 0 saturated heterocycles. The quantitative estimate of drug-likeness (QED) is 0.0319. The number of esters is 2. The van der Waals surface area contributed by atoms with Crippen LogP contribution in [0.3, 0.4) is 0 Å². The Morgan fingerprint density at radius 3 is 1.86 bits per heavy atom. The van der Waals surface area contributed by atoms with Crippen LogP contribution in [0.1, 0.15) is 122 Å². The first-order chi connectivity index (χ1) is 31.3. The van der Waals surface area contributed by atoms with Crippen molar-refractivity contribution in [1.29, 1.82) is 0 Å². The van der Waals surface area contributed by atoms with Gasteiger partial charge in [0.25, 0.3) is 0 Å². The van der Waals surface area contributed by atoms with Crippen LogP contribution in [0.2, 0.25) is 0 Å². The van der Waals surface area contributed by atoms with Gasteiger partial charge in [0.2, 0.25) is 0 Å². The van der Waals surface area contributed by atoms with E-state index >= 15 is 0 Å². The van der Waals surface area contributed by atoms with Gasteiger partial charge in [0.1, 0.15) is 18.5 Å². The van der Waals surface area contributed by atoms with E-state index in [1.165, 1.54) is 23.8 Å². The van der Waals surface area contributed by atoms with E-state index in [-0.39, 0.29) is 66.6 Å². The minimum Gasteiger partial charge on any atom is -0.491 e. The number of aliphatic hydroxyl groups excluding tert-OH is 6. The number of aryl methyl sites for hydroxylation is 1. The minimum absolute atomic E-state index is 0.00652. The fourth-order valence-corrected chi connectivity index (χ4v) is 8.49. The summed E-state index contributed by atoms with van der Waals surface area (Å²) in [6, 6.07) is 14.5. The van der Waals surface area contributed by atoms with Crippen molar-refractivity contribution in [3.8, 4) is 5.75 Å². The summed E-state index contributed by atoms with van der Waals surface area (Å²) in [4.78, 5) is 23.1. The molecule has 370 valence electrons. The van der Waals surface area contributed by atoms with Crippen LogP contribution in [0.25, 0.3) is 0 Å². The van der Waals surface area contributed by atoms with Gasteiger partial charge in [0, 0.05) is 25.2 Å². The van der Waals surface area contributed by atoms with Crippen molar-refractivity contribution >= 4 is 11.9 Å². The van der Waals surface area contributed by atoms with E-state index in [9.17, 15) is 53.4 Å². The molecule has 4 rings (SSSR count). The normalized spacial score (nSPS) is 24.3. The van der Waals surface area contributed by atoms with Crippen LogP contribution in [0.15, 0.2) is 91.1 Å². The lowest BCUT2D eigenvalue weighted by Crippen LogP contribution is -2.23. The first-order valence-electron chi connectivity index (χ1n) is 23.6. The van der Waals surface area contributed by atoms with Crippen LogP contribution in [0, 0.1) is 23.7 Å². The Labute approximate surface area is 389 Å². The first-order valence-corrected chi connectivity index (χ1v) is 23.6. The molecule has 2 fully saturated rings. The highest BCUT2D eigenvalue weighted by Gasteiger charge is 2.41. The van der Waals surface area contributed by atoms with Gasteiger partial charge in [-0.1, -0.05) is 72.9 Å². The van der Waals surface area contributed by atoms with Gasteiger partial charge in [-0.05, 0) is 140 Å². The molecule has 6 N–H and O–H groups in total. The molecule has 11 nitrogen and oxygen atoms in total. The third-order valence-electron chi connectivity index (χ3n) is 11.9. The molecule has 14 heteroatoms. The molecular formula is C52H75F3O11. The highest BCUT2D eigenvalue weighted by molar-refractivity contribution is 5.69. The SMILES string of the molecule is CC(C)OC(=O)CCC/C=C\C[C@@H]1[C@@H](/C=C/[C@@H](O)COc2cccc(C(F)(F)F)c2)[C@H](O)C[C@@H]1O.CC(C)OC(=O)CCC/C=C\C[C@@H]1[C@@H](CC[C@@H](O)CCc2ccccc2)[C@H](O)C[C@@H]1O. The lowest BCUT2D eigenvalue weighted by atomic mass is 9.85. The fourth-order valence-electron chi connectivity index (χ4n) is 8.49. The Morgan fingerprint density at radius 2 is 1.27 bits per heavy atom. The number of halogens is 3. The highest BCUT2D eigenvalue weighted by Crippen LogP contribution is 2.39. The maximum absolute atomic E-state index is 12.8. The zero-order valence-electron chi connectivity index (χ0n) is 39.1. The van der Waals surface area contributed by atoms with Gasteiger partial charge in [-0.3, -0.25) is 9.59 Å². The second-order valence-electron chi connectivity index (χ2n) is 18.1. The fraction of sp³-hybridized carbons (Fsp3) is 0.615. The van der Waals surface area contributed by atoms with E-state index in [0.29, 0.717) is 64.2 Å². The Hall–Kier alpha value is -4.05. The summed E-state index contributed by atoms with van der Waals surface area (Å²) >= 11 is 0. The summed E-state index contributed by atoms with van der Waals surface area (Å²) in [7, 11) is 0. The van der Waals surface area contributed by atoms with Crippen molar-refractivity contribution in [2.45, 2.75) is 173 Å². The van der Waals surface area contributed by atoms with Crippen molar-refractivity contribution in [2.75, 3.05) is 6.61 Å². The number of unbranched alkanes of at least 4 members (excludes halogenated alkanes) is 2. The summed E-state index contributed by atoms with van der Waals surface area (Å²) < 4.78 is 53.9. The molecule has 0 bridgehead atoms. The standard InChI is InChI=1S/C26H35F3O6.C26H40O5/c1-17(2)35-25(33)11-6-4-3-5-10-21-22(24(32)15-23(21)31)13-12-19(30)16-34-20-9-7-8-18(14-20)26(27,28)29;1-19(2)31-26(30)13-9-4-3-8-12-22-23(25(29)18-24(22)28)17-16-21(27)15-14-20-10-6-5-7-11-20/h3,5,7-9,12-14,17,19,21-24,30-32H,4,6,10-11,15-16H2,1-2H3;3,5-8,10-11,19,21-25,27-29H,4,9,12-18H2,1-2H3/b5-3-,13-12+;8-3-/t19-,21-,22-,23+,24-;21-,22+,23+,24-,25+/m10/s1. The number of ether oxygens (including phenoxy) is 3. The molecule has 2 aliphatic carbocycles. The number of benzene rings is 2. The molecule has 0 aliphatic heterocycles. The summed E-state index contributed by atoms with van der Waals surface area (Å²) in [5, 5.41) is 62.0. The van der Waals surface area contributed by atoms with Crippen molar-refractivity contribution in [3.63, 3.8) is 0 Å². The van der Waals surface area contributed by atoms with Crippen molar-refractivity contribution in [3.05, 3.63) is 102 Å². The van der Waals surface area contributed by atoms with E-state index in [4.69, 9.17) is 14.2 Å². The zero-order chi connectivity index (χ0) is 48.6. The third kappa shape index (κ3) is 21.7. The number of aliphatic hydroxyl groups is 6. The molecule has 2 saturated carbocycles. The summed E-state index contributed by atoms with van der Waals surface area (Å²) in [6.45, 7) is 7.03. The molecular weight excluding hydrogens is 858 g/mol. The molecule has 0 aromatic heterocycles. The predicted octanol–water partition coefficient (Wildman–Crippen LogP) is 8.61. The molecule has 0 unspecified atom stereocenters. The van der Waals surface area contributed by atoms with E-state index < -0.39 is 48.4 Å². The second-order valence-corrected chi connectivity index (χ2v) is 18.1. The first kappa shape index (κ1) is 56.3. The lowest BCUT2D eigenvalue weighted by molar-refractivity contribution is -0.148. The highest BCUT2D eigenvalue weighted by atomic mass is 19.4. The maximum Gasteiger partial charge on any atom is 0.416 e. The van der Waals surface area contributed by atoms with Gasteiger partial charge in [0.05, 0.1) is 48.3 Å². The van der Waals surface area contributed by atoms with Crippen LogP contribution in [0.5, 0.6) is 5.75 Å². The number of hydrogen-bond acceptors (Lipinski definition) is 11. The van der Waals surface area contributed by atoms with Gasteiger partial charge >= 0.3 is 18.1 Å². The van der Waals surface area contributed by atoms with Crippen molar-refractivity contribution in [2.24, 2.45) is 23.7 Å². The average Bonchev–Trinajstić information content (AvgIpc) is 3.69. The number of carbonyl (C=O) groups is 2. The maximum atomic E-state index is 12.8. The van der Waals surface area contributed by atoms with Gasteiger partial charge < -0.3 is 44.8 Å². The van der Waals surface area contributed by atoms with Crippen LogP contribution < -0.4 is 4.74 Å². The second kappa shape index (κ2) is 29.7. The Bertz CT molecular complexity index is 1770. The molecule has 0 spiro atoms. The number of hydrogen-bond donors (Lipinski definition) is 6. The molecule has 66 heavy (non-hydrogen) atoms. The number of allylic oxidation sites excluding steroid dienone is 4. The van der Waals surface area contributed by atoms with Crippen molar-refractivity contribution < 1.29 is 67.6 Å². The van der Waals surface area contributed by atoms with E-state index in [1.54, 1.807) is 19.9 Å². The van der Waals surface area contributed by atoms with E-state index in [0.717, 1.165) is 31.4 Å². The van der Waals surface area contributed by atoms with Gasteiger partial charge in [-0.25, -0.2) is 0 Å². The van der Waals surface area contributed by atoms with Gasteiger partial charge in [-0.15, -0.1) is 0 Å². The third-order valence-corrected chi connectivity index (χ3v) is 11.9. The van der Waals surface area contributed by atoms with Crippen LogP contribution in [0.4, 0.5) is 13.2 Å². The van der Waals surface area contributed by atoms with Gasteiger partial charge in [-0.2, -0.15) is 13.2 Å². The average molecular weight is 933 g/mol. The van der Waals surface area contributed by atoms with Crippen LogP contribution >= 0.6 is 0 Å².